The topological polar surface area (TPSA) is 73.9 Å². The average molecular weight is 390 g/mol. The fourth-order valence-electron chi connectivity index (χ4n) is 3.75. The van der Waals surface area contributed by atoms with Crippen LogP contribution in [-0.2, 0) is 13.0 Å². The minimum Gasteiger partial charge on any atom is -0.371 e. The van der Waals surface area contributed by atoms with Crippen LogP contribution < -0.4 is 15.8 Å². The number of piperidine rings is 1. The molecule has 1 saturated heterocycles. The van der Waals surface area contributed by atoms with E-state index in [1.807, 2.05) is 19.1 Å². The molecule has 0 aliphatic carbocycles. The molecule has 6 heteroatoms. The van der Waals surface area contributed by atoms with Crippen LogP contribution in [0, 0.1) is 0 Å². The van der Waals surface area contributed by atoms with Crippen LogP contribution in [0.2, 0.25) is 0 Å². The van der Waals surface area contributed by atoms with Crippen molar-refractivity contribution in [3.05, 3.63) is 70.3 Å². The monoisotopic (exact) mass is 389 g/mol. The maximum absolute atomic E-state index is 11.8. The highest BCUT2D eigenvalue weighted by atomic mass is 16.1. The second-order valence-corrected chi connectivity index (χ2v) is 7.40. The number of hydrogen-bond acceptors (Lipinski definition) is 5. The van der Waals surface area contributed by atoms with Gasteiger partial charge in [-0.15, -0.1) is 0 Å². The molecule has 0 amide bonds. The molecule has 0 radical (unpaired) electrons. The van der Waals surface area contributed by atoms with Gasteiger partial charge in [-0.2, -0.15) is 0 Å². The van der Waals surface area contributed by atoms with Gasteiger partial charge in [0.1, 0.15) is 11.6 Å². The van der Waals surface area contributed by atoms with E-state index >= 15 is 0 Å². The molecular formula is C23H27N5O. The van der Waals surface area contributed by atoms with Crippen molar-refractivity contribution in [1.82, 2.24) is 15.0 Å². The summed E-state index contributed by atoms with van der Waals surface area (Å²) in [6.45, 7) is 4.97. The lowest BCUT2D eigenvalue weighted by atomic mass is 10.1. The lowest BCUT2D eigenvalue weighted by Gasteiger charge is -2.30. The van der Waals surface area contributed by atoms with Crippen LogP contribution in [0.5, 0.6) is 0 Å². The van der Waals surface area contributed by atoms with Crippen molar-refractivity contribution in [2.75, 3.05) is 23.3 Å². The van der Waals surface area contributed by atoms with Crippen molar-refractivity contribution in [2.24, 2.45) is 0 Å². The number of rotatable bonds is 6. The van der Waals surface area contributed by atoms with Crippen molar-refractivity contribution in [3.63, 3.8) is 0 Å². The van der Waals surface area contributed by atoms with Crippen LogP contribution in [-0.4, -0.2) is 28.0 Å². The number of nitrogens with zero attached hydrogens (tertiary/aromatic N) is 3. The number of aromatic amines is 1. The molecule has 2 N–H and O–H groups in total. The summed E-state index contributed by atoms with van der Waals surface area (Å²) >= 11 is 0. The molecular weight excluding hydrogens is 362 g/mol. The minimum absolute atomic E-state index is 0.136. The summed E-state index contributed by atoms with van der Waals surface area (Å²) in [6.07, 6.45) is 6.33. The van der Waals surface area contributed by atoms with Gasteiger partial charge in [-0.1, -0.05) is 25.1 Å². The first-order valence-electron chi connectivity index (χ1n) is 10.4. The van der Waals surface area contributed by atoms with Crippen molar-refractivity contribution in [3.8, 4) is 11.4 Å². The average Bonchev–Trinajstić information content (AvgIpc) is 2.78. The summed E-state index contributed by atoms with van der Waals surface area (Å²) in [7, 11) is 0. The van der Waals surface area contributed by atoms with Crippen molar-refractivity contribution in [2.45, 2.75) is 39.2 Å². The molecule has 4 rings (SSSR count). The Balaban J connectivity index is 1.46. The summed E-state index contributed by atoms with van der Waals surface area (Å²) in [5, 5.41) is 3.42. The van der Waals surface area contributed by atoms with Crippen molar-refractivity contribution in [1.29, 1.82) is 0 Å². The Morgan fingerprint density at radius 1 is 1.10 bits per heavy atom. The fourth-order valence-corrected chi connectivity index (χ4v) is 3.75. The Bertz CT molecular complexity index is 1010. The zero-order chi connectivity index (χ0) is 20.1. The molecule has 1 aliphatic heterocycles. The lowest BCUT2D eigenvalue weighted by molar-refractivity contribution is 0.576. The largest absolute Gasteiger partial charge is 0.371 e. The number of H-pyrrole nitrogens is 1. The second kappa shape index (κ2) is 8.90. The zero-order valence-electron chi connectivity index (χ0n) is 16.8. The zero-order valence-corrected chi connectivity index (χ0v) is 16.8. The molecule has 6 nitrogen and oxygen atoms in total. The summed E-state index contributed by atoms with van der Waals surface area (Å²) in [5.41, 5.74) is 4.04. The smallest absolute Gasteiger partial charge is 0.251 e. The Morgan fingerprint density at radius 2 is 1.93 bits per heavy atom. The fraction of sp³-hybridized carbons (Fsp3) is 0.348. The number of nitrogens with one attached hydrogen (secondary N) is 2. The van der Waals surface area contributed by atoms with Gasteiger partial charge < -0.3 is 15.2 Å². The van der Waals surface area contributed by atoms with Gasteiger partial charge in [-0.25, -0.2) is 9.97 Å². The maximum Gasteiger partial charge on any atom is 0.251 e. The SMILES string of the molecule is CCc1cc(=O)[nH]c(-c2ccc(NCc3ccccc3N3CCCCC3)nc2)n1. The van der Waals surface area contributed by atoms with Crippen molar-refractivity contribution >= 4 is 11.5 Å². The number of aromatic nitrogens is 3. The number of aryl methyl sites for hydroxylation is 1. The van der Waals surface area contributed by atoms with Gasteiger partial charge in [0.15, 0.2) is 0 Å². The minimum atomic E-state index is -0.136. The van der Waals surface area contributed by atoms with E-state index in [1.54, 1.807) is 6.20 Å². The molecule has 2 aromatic heterocycles. The summed E-state index contributed by atoms with van der Waals surface area (Å²) in [4.78, 5) is 26.1. The molecule has 150 valence electrons. The van der Waals surface area contributed by atoms with Crippen LogP contribution in [0.4, 0.5) is 11.5 Å². The van der Waals surface area contributed by atoms with E-state index in [1.165, 1.54) is 36.6 Å². The van der Waals surface area contributed by atoms with E-state index in [0.29, 0.717) is 5.82 Å². The number of anilines is 2. The number of benzene rings is 1. The van der Waals surface area contributed by atoms with Gasteiger partial charge in [0.2, 0.25) is 0 Å². The van der Waals surface area contributed by atoms with E-state index < -0.39 is 0 Å². The quantitative estimate of drug-likeness (QED) is 0.667. The highest BCUT2D eigenvalue weighted by molar-refractivity contribution is 5.57. The van der Waals surface area contributed by atoms with Gasteiger partial charge in [0.05, 0.1) is 0 Å². The molecule has 0 spiro atoms. The van der Waals surface area contributed by atoms with Gasteiger partial charge >= 0.3 is 0 Å². The highest BCUT2D eigenvalue weighted by Gasteiger charge is 2.14. The molecule has 1 fully saturated rings. The summed E-state index contributed by atoms with van der Waals surface area (Å²) in [5.74, 6) is 1.36. The molecule has 1 aromatic carbocycles. The predicted octanol–water partition coefficient (Wildman–Crippen LogP) is 4.00. The molecule has 3 heterocycles. The third kappa shape index (κ3) is 4.65. The standard InChI is InChI=1S/C23H27N5O/c1-2-19-14-22(29)27-23(26-19)18-10-11-21(25-16-18)24-15-17-8-4-5-9-20(17)28-12-6-3-7-13-28/h4-5,8-11,14,16H,2-3,6-7,12-13,15H2,1H3,(H,24,25)(H,26,27,29). The van der Waals surface area contributed by atoms with E-state index in [2.05, 4.69) is 49.4 Å². The number of hydrogen-bond donors (Lipinski definition) is 2. The van der Waals surface area contributed by atoms with Crippen LogP contribution in [0.25, 0.3) is 11.4 Å². The lowest BCUT2D eigenvalue weighted by Crippen LogP contribution is -2.30. The Hall–Kier alpha value is -3.15. The van der Waals surface area contributed by atoms with E-state index in [0.717, 1.165) is 43.1 Å². The summed E-state index contributed by atoms with van der Waals surface area (Å²) < 4.78 is 0. The normalized spacial score (nSPS) is 14.0. The van der Waals surface area contributed by atoms with Gasteiger partial charge in [0.25, 0.3) is 5.56 Å². The van der Waals surface area contributed by atoms with E-state index in [-0.39, 0.29) is 5.56 Å². The van der Waals surface area contributed by atoms with E-state index in [9.17, 15) is 4.79 Å². The molecule has 0 atom stereocenters. The molecule has 0 saturated carbocycles. The number of pyridine rings is 1. The van der Waals surface area contributed by atoms with Gasteiger partial charge in [0, 0.05) is 48.8 Å². The predicted molar refractivity (Wildman–Crippen MR) is 117 cm³/mol. The third-order valence-electron chi connectivity index (χ3n) is 5.34. The van der Waals surface area contributed by atoms with Gasteiger partial charge in [-0.05, 0) is 49.4 Å². The van der Waals surface area contributed by atoms with Crippen LogP contribution >= 0.6 is 0 Å². The molecule has 1 aliphatic rings. The Kier molecular flexibility index (Phi) is 5.89. The van der Waals surface area contributed by atoms with Crippen molar-refractivity contribution < 1.29 is 0 Å². The molecule has 0 bridgehead atoms. The first-order valence-corrected chi connectivity index (χ1v) is 10.4. The Labute approximate surface area is 171 Å². The third-order valence-corrected chi connectivity index (χ3v) is 5.34. The van der Waals surface area contributed by atoms with E-state index in [4.69, 9.17) is 0 Å². The van der Waals surface area contributed by atoms with Crippen LogP contribution in [0.15, 0.2) is 53.5 Å². The number of para-hydroxylation sites is 1. The first kappa shape index (κ1) is 19.2. The Morgan fingerprint density at radius 3 is 2.69 bits per heavy atom. The molecule has 29 heavy (non-hydrogen) atoms. The van der Waals surface area contributed by atoms with Gasteiger partial charge in [-0.3, -0.25) is 4.79 Å². The second-order valence-electron chi connectivity index (χ2n) is 7.40. The summed E-state index contributed by atoms with van der Waals surface area (Å²) in [6, 6.07) is 14.0. The first-order chi connectivity index (χ1) is 14.2. The van der Waals surface area contributed by atoms with Crippen LogP contribution in [0.3, 0.4) is 0 Å². The molecule has 3 aromatic rings. The van der Waals surface area contributed by atoms with Crippen LogP contribution in [0.1, 0.15) is 37.4 Å². The highest BCUT2D eigenvalue weighted by Crippen LogP contribution is 2.25. The molecule has 0 unspecified atom stereocenters. The maximum atomic E-state index is 11.8.